The number of hydrogen-bond donors (Lipinski definition) is 2. The van der Waals surface area contributed by atoms with Crippen molar-refractivity contribution < 1.29 is 9.53 Å². The predicted molar refractivity (Wildman–Crippen MR) is 106 cm³/mol. The number of rotatable bonds is 6. The molecule has 4 heteroatoms. The lowest BCUT2D eigenvalue weighted by molar-refractivity contribution is 0.138. The molecule has 136 valence electrons. The molecule has 3 aromatic carbocycles. The maximum atomic E-state index is 12.0. The molecule has 0 aliphatic heterocycles. The van der Waals surface area contributed by atoms with E-state index in [1.165, 1.54) is 27.8 Å². The van der Waals surface area contributed by atoms with E-state index >= 15 is 0 Å². The lowest BCUT2D eigenvalue weighted by atomic mass is 9.98. The quantitative estimate of drug-likeness (QED) is 0.511. The Bertz CT molecular complexity index is 879. The minimum Gasteiger partial charge on any atom is -0.448 e. The molecule has 0 unspecified atom stereocenters. The van der Waals surface area contributed by atoms with Gasteiger partial charge in [0.1, 0.15) is 6.61 Å². The van der Waals surface area contributed by atoms with Crippen molar-refractivity contribution >= 4 is 6.09 Å². The summed E-state index contributed by atoms with van der Waals surface area (Å²) in [6, 6.07) is 26.8. The smallest absolute Gasteiger partial charge is 0.421 e. The van der Waals surface area contributed by atoms with Gasteiger partial charge in [-0.2, -0.15) is 0 Å². The zero-order chi connectivity index (χ0) is 18.5. The van der Waals surface area contributed by atoms with E-state index in [0.29, 0.717) is 13.2 Å². The molecule has 0 aromatic heterocycles. The van der Waals surface area contributed by atoms with Crippen LogP contribution in [0, 0.1) is 0 Å². The average molecular weight is 358 g/mol. The number of hydrogen-bond acceptors (Lipinski definition) is 3. The summed E-state index contributed by atoms with van der Waals surface area (Å²) in [5, 5.41) is 0. The van der Waals surface area contributed by atoms with E-state index in [0.717, 1.165) is 6.42 Å². The lowest BCUT2D eigenvalue weighted by Crippen LogP contribution is -2.39. The van der Waals surface area contributed by atoms with Crippen LogP contribution in [-0.4, -0.2) is 19.2 Å². The molecule has 0 atom stereocenters. The first-order valence-corrected chi connectivity index (χ1v) is 9.21. The molecule has 0 spiro atoms. The second-order valence-corrected chi connectivity index (χ2v) is 6.61. The maximum absolute atomic E-state index is 12.0. The molecule has 27 heavy (non-hydrogen) atoms. The second kappa shape index (κ2) is 8.06. The summed E-state index contributed by atoms with van der Waals surface area (Å²) in [4.78, 5) is 12.0. The number of benzene rings is 3. The summed E-state index contributed by atoms with van der Waals surface area (Å²) >= 11 is 0. The van der Waals surface area contributed by atoms with Gasteiger partial charge in [0.15, 0.2) is 0 Å². The molecule has 1 aliphatic rings. The molecule has 0 saturated carbocycles. The van der Waals surface area contributed by atoms with Gasteiger partial charge >= 0.3 is 6.09 Å². The van der Waals surface area contributed by atoms with Crippen molar-refractivity contribution in [3.63, 3.8) is 0 Å². The number of fused-ring (bicyclic) bond motifs is 3. The number of carbonyl (C=O) groups excluding carboxylic acids is 1. The highest BCUT2D eigenvalue weighted by molar-refractivity contribution is 5.79. The fraction of sp³-hybridized carbons (Fsp3) is 0.174. The molecule has 0 radical (unpaired) electrons. The number of amides is 1. The molecule has 0 saturated heterocycles. The van der Waals surface area contributed by atoms with Gasteiger partial charge in [0, 0.05) is 12.5 Å². The average Bonchev–Trinajstić information content (AvgIpc) is 3.04. The summed E-state index contributed by atoms with van der Waals surface area (Å²) in [6.45, 7) is 0.967. The summed E-state index contributed by atoms with van der Waals surface area (Å²) in [5.74, 6) is 0.0764. The van der Waals surface area contributed by atoms with Crippen molar-refractivity contribution in [2.45, 2.75) is 12.3 Å². The summed E-state index contributed by atoms with van der Waals surface area (Å²) < 4.78 is 5.48. The van der Waals surface area contributed by atoms with E-state index in [9.17, 15) is 4.79 Å². The van der Waals surface area contributed by atoms with Gasteiger partial charge in [0.05, 0.1) is 0 Å². The van der Waals surface area contributed by atoms with Crippen molar-refractivity contribution in [1.82, 2.24) is 10.9 Å². The monoisotopic (exact) mass is 358 g/mol. The number of carbonyl (C=O) groups is 1. The van der Waals surface area contributed by atoms with Crippen molar-refractivity contribution in [3.05, 3.63) is 95.6 Å². The minimum absolute atomic E-state index is 0.0764. The molecule has 1 aliphatic carbocycles. The summed E-state index contributed by atoms with van der Waals surface area (Å²) in [7, 11) is 0. The number of hydrazine groups is 1. The Hall–Kier alpha value is -3.11. The van der Waals surface area contributed by atoms with Crippen LogP contribution in [-0.2, 0) is 11.2 Å². The summed E-state index contributed by atoms with van der Waals surface area (Å²) in [5.41, 5.74) is 11.6. The first-order chi connectivity index (χ1) is 13.3. The van der Waals surface area contributed by atoms with E-state index in [-0.39, 0.29) is 5.92 Å². The Morgan fingerprint density at radius 2 is 1.41 bits per heavy atom. The number of nitrogens with one attached hydrogen (secondary N) is 2. The first-order valence-electron chi connectivity index (χ1n) is 9.21. The molecule has 4 rings (SSSR count). The Morgan fingerprint density at radius 1 is 0.815 bits per heavy atom. The van der Waals surface area contributed by atoms with Crippen LogP contribution in [0.3, 0.4) is 0 Å². The van der Waals surface area contributed by atoms with Gasteiger partial charge in [-0.1, -0.05) is 78.9 Å². The Balaban J connectivity index is 1.30. The molecular weight excluding hydrogens is 336 g/mol. The molecule has 2 N–H and O–H groups in total. The zero-order valence-electron chi connectivity index (χ0n) is 15.0. The standard InChI is InChI=1S/C23H22N2O2/c26-23(25-24-15-14-17-8-2-1-3-9-17)27-16-22-20-12-6-4-10-18(20)19-11-5-7-13-21(19)22/h1-13,22,24H,14-16H2,(H,25,26). The molecule has 3 aromatic rings. The molecule has 1 amide bonds. The van der Waals surface area contributed by atoms with Crippen LogP contribution in [0.5, 0.6) is 0 Å². The fourth-order valence-corrected chi connectivity index (χ4v) is 3.62. The van der Waals surface area contributed by atoms with E-state index in [2.05, 4.69) is 47.2 Å². The second-order valence-electron chi connectivity index (χ2n) is 6.61. The molecular formula is C23H22N2O2. The highest BCUT2D eigenvalue weighted by atomic mass is 16.6. The van der Waals surface area contributed by atoms with Crippen LogP contribution in [0.1, 0.15) is 22.6 Å². The highest BCUT2D eigenvalue weighted by Crippen LogP contribution is 2.44. The van der Waals surface area contributed by atoms with Gasteiger partial charge in [-0.25, -0.2) is 10.2 Å². The van der Waals surface area contributed by atoms with Crippen LogP contribution in [0.2, 0.25) is 0 Å². The minimum atomic E-state index is -0.454. The van der Waals surface area contributed by atoms with Gasteiger partial charge in [-0.15, -0.1) is 0 Å². The SMILES string of the molecule is O=C(NNCCc1ccccc1)OCC1c2ccccc2-c2ccccc21. The van der Waals surface area contributed by atoms with Crippen LogP contribution in [0.15, 0.2) is 78.9 Å². The highest BCUT2D eigenvalue weighted by Gasteiger charge is 2.28. The van der Waals surface area contributed by atoms with Crippen LogP contribution < -0.4 is 10.9 Å². The van der Waals surface area contributed by atoms with Crippen molar-refractivity contribution in [2.24, 2.45) is 0 Å². The van der Waals surface area contributed by atoms with Gasteiger partial charge in [0.25, 0.3) is 0 Å². The molecule has 0 bridgehead atoms. The van der Waals surface area contributed by atoms with Crippen LogP contribution in [0.25, 0.3) is 11.1 Å². The fourth-order valence-electron chi connectivity index (χ4n) is 3.62. The van der Waals surface area contributed by atoms with E-state index < -0.39 is 6.09 Å². The Labute approximate surface area is 159 Å². The van der Waals surface area contributed by atoms with Crippen molar-refractivity contribution in [2.75, 3.05) is 13.2 Å². The molecule has 0 heterocycles. The van der Waals surface area contributed by atoms with Gasteiger partial charge in [0.2, 0.25) is 0 Å². The lowest BCUT2D eigenvalue weighted by Gasteiger charge is -2.15. The maximum Gasteiger partial charge on any atom is 0.421 e. The van der Waals surface area contributed by atoms with Crippen molar-refractivity contribution in [3.8, 4) is 11.1 Å². The van der Waals surface area contributed by atoms with Gasteiger partial charge in [-0.05, 0) is 34.2 Å². The zero-order valence-corrected chi connectivity index (χ0v) is 15.0. The third-order valence-corrected chi connectivity index (χ3v) is 4.92. The third-order valence-electron chi connectivity index (χ3n) is 4.92. The normalized spacial score (nSPS) is 12.3. The third kappa shape index (κ3) is 3.86. The first kappa shape index (κ1) is 17.3. The predicted octanol–water partition coefficient (Wildman–Crippen LogP) is 4.27. The van der Waals surface area contributed by atoms with Crippen LogP contribution in [0.4, 0.5) is 4.79 Å². The largest absolute Gasteiger partial charge is 0.448 e. The van der Waals surface area contributed by atoms with Crippen LogP contribution >= 0.6 is 0 Å². The molecule has 4 nitrogen and oxygen atoms in total. The topological polar surface area (TPSA) is 50.4 Å². The van der Waals surface area contributed by atoms with E-state index in [4.69, 9.17) is 4.74 Å². The summed E-state index contributed by atoms with van der Waals surface area (Å²) in [6.07, 6.45) is 0.384. The Kier molecular flexibility index (Phi) is 5.17. The van der Waals surface area contributed by atoms with Gasteiger partial charge < -0.3 is 4.74 Å². The Morgan fingerprint density at radius 3 is 2.07 bits per heavy atom. The van der Waals surface area contributed by atoms with Gasteiger partial charge in [-0.3, -0.25) is 5.43 Å². The molecule has 0 fully saturated rings. The van der Waals surface area contributed by atoms with Crippen molar-refractivity contribution in [1.29, 1.82) is 0 Å². The van der Waals surface area contributed by atoms with E-state index in [1.807, 2.05) is 42.5 Å². The number of ether oxygens (including phenoxy) is 1. The van der Waals surface area contributed by atoms with E-state index in [1.54, 1.807) is 0 Å².